The first kappa shape index (κ1) is 19.0. The molecule has 3 aliphatic heterocycles. The lowest BCUT2D eigenvalue weighted by Gasteiger charge is -2.13. The van der Waals surface area contributed by atoms with E-state index in [4.69, 9.17) is 18.9 Å². The van der Waals surface area contributed by atoms with Crippen molar-refractivity contribution in [1.82, 2.24) is 10.2 Å². The number of carbonyl (C=O) groups is 3. The fourth-order valence-electron chi connectivity index (χ4n) is 3.62. The molecule has 0 aliphatic carbocycles. The predicted molar refractivity (Wildman–Crippen MR) is 106 cm³/mol. The van der Waals surface area contributed by atoms with Gasteiger partial charge in [-0.3, -0.25) is 14.5 Å². The molecule has 4 amide bonds. The highest BCUT2D eigenvalue weighted by Gasteiger charge is 2.38. The Balaban J connectivity index is 1.15. The van der Waals surface area contributed by atoms with E-state index in [9.17, 15) is 14.4 Å². The number of benzene rings is 2. The van der Waals surface area contributed by atoms with Gasteiger partial charge in [-0.1, -0.05) is 6.07 Å². The number of hydrogen-bond acceptors (Lipinski definition) is 7. The van der Waals surface area contributed by atoms with Gasteiger partial charge in [-0.25, -0.2) is 4.79 Å². The van der Waals surface area contributed by atoms with Gasteiger partial charge in [0.1, 0.15) is 6.04 Å². The van der Waals surface area contributed by atoms with Gasteiger partial charge in [-0.15, -0.1) is 0 Å². The molecule has 0 bridgehead atoms. The number of amides is 4. The second-order valence-corrected chi connectivity index (χ2v) is 7.27. The first-order valence-corrected chi connectivity index (χ1v) is 9.77. The minimum atomic E-state index is -0.746. The summed E-state index contributed by atoms with van der Waals surface area (Å²) < 4.78 is 21.1. The van der Waals surface area contributed by atoms with Crippen molar-refractivity contribution in [3.05, 3.63) is 42.0 Å². The van der Waals surface area contributed by atoms with Gasteiger partial charge in [0, 0.05) is 18.2 Å². The molecule has 0 saturated carbocycles. The maximum atomic E-state index is 12.7. The standard InChI is InChI=1S/C21H19N3O7/c25-19(22-13-2-5-16-18(8-13)31-11-29-16)6-3-14-20(26)24(21(27)23-14)9-12-1-4-15-17(7-12)30-10-28-15/h1-2,4-5,7-8,14H,3,6,9-11H2,(H,22,25)(H,23,27). The number of imide groups is 1. The van der Waals surface area contributed by atoms with E-state index in [1.807, 2.05) is 0 Å². The number of nitrogens with one attached hydrogen (secondary N) is 2. The van der Waals surface area contributed by atoms with Crippen LogP contribution < -0.4 is 29.6 Å². The summed E-state index contributed by atoms with van der Waals surface area (Å²) in [6.07, 6.45) is 0.265. The van der Waals surface area contributed by atoms with E-state index in [2.05, 4.69) is 10.6 Å². The zero-order chi connectivity index (χ0) is 21.4. The van der Waals surface area contributed by atoms with E-state index in [0.29, 0.717) is 28.7 Å². The van der Waals surface area contributed by atoms with Gasteiger partial charge in [0.25, 0.3) is 5.91 Å². The van der Waals surface area contributed by atoms with Crippen LogP contribution in [0, 0.1) is 0 Å². The molecule has 10 nitrogen and oxygen atoms in total. The summed E-state index contributed by atoms with van der Waals surface area (Å²) in [7, 11) is 0. The number of carbonyl (C=O) groups excluding carboxylic acids is 3. The van der Waals surface area contributed by atoms with Gasteiger partial charge in [-0.2, -0.15) is 0 Å². The molecule has 2 N–H and O–H groups in total. The van der Waals surface area contributed by atoms with Crippen LogP contribution in [0.4, 0.5) is 10.5 Å². The first-order chi connectivity index (χ1) is 15.1. The molecule has 0 radical (unpaired) electrons. The van der Waals surface area contributed by atoms with Gasteiger partial charge in [-0.05, 0) is 36.2 Å². The van der Waals surface area contributed by atoms with E-state index in [0.717, 1.165) is 10.5 Å². The van der Waals surface area contributed by atoms with Crippen molar-refractivity contribution in [2.45, 2.75) is 25.4 Å². The lowest BCUT2D eigenvalue weighted by atomic mass is 10.1. The van der Waals surface area contributed by atoms with Gasteiger partial charge in [0.15, 0.2) is 23.0 Å². The highest BCUT2D eigenvalue weighted by molar-refractivity contribution is 6.04. The number of ether oxygens (including phenoxy) is 4. The average Bonchev–Trinajstić information content (AvgIpc) is 3.47. The largest absolute Gasteiger partial charge is 0.454 e. The van der Waals surface area contributed by atoms with E-state index in [1.165, 1.54) is 0 Å². The quantitative estimate of drug-likeness (QED) is 0.680. The molecule has 0 aromatic heterocycles. The number of urea groups is 1. The number of hydrogen-bond donors (Lipinski definition) is 2. The second-order valence-electron chi connectivity index (χ2n) is 7.27. The third-order valence-electron chi connectivity index (χ3n) is 5.20. The topological polar surface area (TPSA) is 115 Å². The maximum Gasteiger partial charge on any atom is 0.325 e. The Kier molecular flexibility index (Phi) is 4.73. The highest BCUT2D eigenvalue weighted by atomic mass is 16.7. The van der Waals surface area contributed by atoms with Crippen LogP contribution in [0.3, 0.4) is 0 Å². The number of anilines is 1. The van der Waals surface area contributed by atoms with Crippen LogP contribution in [-0.2, 0) is 16.1 Å². The normalized spacial score (nSPS) is 18.3. The van der Waals surface area contributed by atoms with E-state index < -0.39 is 12.1 Å². The fraction of sp³-hybridized carbons (Fsp3) is 0.286. The Labute approximate surface area is 177 Å². The first-order valence-electron chi connectivity index (χ1n) is 9.77. The van der Waals surface area contributed by atoms with Crippen LogP contribution >= 0.6 is 0 Å². The summed E-state index contributed by atoms with van der Waals surface area (Å²) in [4.78, 5) is 38.4. The van der Waals surface area contributed by atoms with Crippen LogP contribution in [0.5, 0.6) is 23.0 Å². The number of fused-ring (bicyclic) bond motifs is 2. The monoisotopic (exact) mass is 425 g/mol. The molecule has 1 fully saturated rings. The minimum Gasteiger partial charge on any atom is -0.454 e. The SMILES string of the molecule is O=C(CCC1NC(=O)N(Cc2ccc3c(c2)OCO3)C1=O)Nc1ccc2c(c1)OCO2. The summed E-state index contributed by atoms with van der Waals surface area (Å²) in [6, 6.07) is 9.14. The zero-order valence-electron chi connectivity index (χ0n) is 16.4. The Bertz CT molecular complexity index is 1070. The predicted octanol–water partition coefficient (Wildman–Crippen LogP) is 1.98. The van der Waals surface area contributed by atoms with Crippen molar-refractivity contribution in [3.8, 4) is 23.0 Å². The molecule has 5 rings (SSSR count). The molecule has 2 aromatic rings. The maximum absolute atomic E-state index is 12.7. The van der Waals surface area contributed by atoms with Crippen LogP contribution in [0.15, 0.2) is 36.4 Å². The minimum absolute atomic E-state index is 0.0724. The molecule has 2 aromatic carbocycles. The Morgan fingerprint density at radius 2 is 1.65 bits per heavy atom. The van der Waals surface area contributed by atoms with Gasteiger partial charge >= 0.3 is 6.03 Å². The molecule has 160 valence electrons. The molecule has 1 unspecified atom stereocenters. The van der Waals surface area contributed by atoms with Crippen molar-refractivity contribution >= 4 is 23.5 Å². The van der Waals surface area contributed by atoms with Crippen LogP contribution in [0.25, 0.3) is 0 Å². The summed E-state index contributed by atoms with van der Waals surface area (Å²) in [5, 5.41) is 5.40. The molecule has 1 atom stereocenters. The van der Waals surface area contributed by atoms with Crippen molar-refractivity contribution < 1.29 is 33.3 Å². The molecule has 3 heterocycles. The van der Waals surface area contributed by atoms with Crippen molar-refractivity contribution in [1.29, 1.82) is 0 Å². The molecule has 31 heavy (non-hydrogen) atoms. The Morgan fingerprint density at radius 1 is 0.968 bits per heavy atom. The van der Waals surface area contributed by atoms with Crippen LogP contribution in [0.1, 0.15) is 18.4 Å². The second kappa shape index (κ2) is 7.71. The van der Waals surface area contributed by atoms with Crippen LogP contribution in [0.2, 0.25) is 0 Å². The third kappa shape index (κ3) is 3.79. The average molecular weight is 425 g/mol. The Morgan fingerprint density at radius 3 is 2.42 bits per heavy atom. The van der Waals surface area contributed by atoms with E-state index >= 15 is 0 Å². The van der Waals surface area contributed by atoms with Crippen LogP contribution in [-0.4, -0.2) is 42.4 Å². The van der Waals surface area contributed by atoms with E-state index in [1.54, 1.807) is 36.4 Å². The third-order valence-corrected chi connectivity index (χ3v) is 5.20. The molecule has 10 heteroatoms. The fourth-order valence-corrected chi connectivity index (χ4v) is 3.62. The van der Waals surface area contributed by atoms with Crippen molar-refractivity contribution in [2.75, 3.05) is 18.9 Å². The smallest absolute Gasteiger partial charge is 0.325 e. The zero-order valence-corrected chi connectivity index (χ0v) is 16.4. The molecule has 0 spiro atoms. The summed E-state index contributed by atoms with van der Waals surface area (Å²) >= 11 is 0. The van der Waals surface area contributed by atoms with Gasteiger partial charge in [0.05, 0.1) is 6.54 Å². The lowest BCUT2D eigenvalue weighted by Crippen LogP contribution is -2.31. The number of rotatable bonds is 6. The van der Waals surface area contributed by atoms with Crippen molar-refractivity contribution in [2.24, 2.45) is 0 Å². The Hall–Kier alpha value is -3.95. The van der Waals surface area contributed by atoms with E-state index in [-0.39, 0.29) is 44.8 Å². The van der Waals surface area contributed by atoms with Crippen molar-refractivity contribution in [3.63, 3.8) is 0 Å². The van der Waals surface area contributed by atoms with Gasteiger partial charge < -0.3 is 29.6 Å². The summed E-state index contributed by atoms with van der Waals surface area (Å²) in [6.45, 7) is 0.415. The lowest BCUT2D eigenvalue weighted by molar-refractivity contribution is -0.128. The molecular formula is C21H19N3O7. The summed E-state index contributed by atoms with van der Waals surface area (Å²) in [5.74, 6) is 1.78. The highest BCUT2D eigenvalue weighted by Crippen LogP contribution is 2.34. The number of nitrogens with zero attached hydrogens (tertiary/aromatic N) is 1. The molecule has 1 saturated heterocycles. The molecular weight excluding hydrogens is 406 g/mol. The summed E-state index contributed by atoms with van der Waals surface area (Å²) in [5.41, 5.74) is 1.31. The molecule has 3 aliphatic rings. The van der Waals surface area contributed by atoms with Gasteiger partial charge in [0.2, 0.25) is 19.5 Å².